The summed E-state index contributed by atoms with van der Waals surface area (Å²) < 4.78 is 0. The van der Waals surface area contributed by atoms with E-state index < -0.39 is 5.54 Å². The van der Waals surface area contributed by atoms with Gasteiger partial charge in [-0.1, -0.05) is 54.6 Å². The van der Waals surface area contributed by atoms with Crippen LogP contribution >= 0.6 is 12.4 Å². The molecule has 0 saturated heterocycles. The van der Waals surface area contributed by atoms with Crippen LogP contribution in [0.15, 0.2) is 54.6 Å². The van der Waals surface area contributed by atoms with Gasteiger partial charge in [0.1, 0.15) is 0 Å². The summed E-state index contributed by atoms with van der Waals surface area (Å²) in [5.74, 6) is -0.0670. The van der Waals surface area contributed by atoms with E-state index >= 15 is 0 Å². The molecule has 2 rings (SSSR count). The number of carbonyl (C=O) groups excluding carboxylic acids is 1. The second-order valence-electron chi connectivity index (χ2n) is 4.34. The molecule has 2 N–H and O–H groups in total. The molecule has 0 heterocycles. The standard InChI is InChI=1S/C14H15NO.ClH/c1-14(15)9-7-12(8-10-14)13(16)11-5-3-2-4-6-11;/h2-10,12H,15H2,1H3;1H. The molecular weight excluding hydrogens is 234 g/mol. The summed E-state index contributed by atoms with van der Waals surface area (Å²) >= 11 is 0. The Kier molecular flexibility index (Phi) is 4.27. The summed E-state index contributed by atoms with van der Waals surface area (Å²) in [4.78, 5) is 12.1. The average Bonchev–Trinajstić information content (AvgIpc) is 2.29. The van der Waals surface area contributed by atoms with Crippen molar-refractivity contribution in [2.75, 3.05) is 0 Å². The first kappa shape index (κ1) is 13.7. The molecule has 17 heavy (non-hydrogen) atoms. The molecule has 0 unspecified atom stereocenters. The van der Waals surface area contributed by atoms with Gasteiger partial charge in [0.05, 0.1) is 5.92 Å². The van der Waals surface area contributed by atoms with E-state index in [1.54, 1.807) is 0 Å². The van der Waals surface area contributed by atoms with Gasteiger partial charge in [-0.25, -0.2) is 0 Å². The van der Waals surface area contributed by atoms with Gasteiger partial charge in [0, 0.05) is 11.1 Å². The first-order valence-electron chi connectivity index (χ1n) is 5.35. The minimum Gasteiger partial charge on any atom is -0.319 e. The van der Waals surface area contributed by atoms with Crippen LogP contribution in [-0.4, -0.2) is 11.3 Å². The van der Waals surface area contributed by atoms with E-state index in [4.69, 9.17) is 5.73 Å². The number of benzene rings is 1. The van der Waals surface area contributed by atoms with Gasteiger partial charge in [-0.15, -0.1) is 12.4 Å². The highest BCUT2D eigenvalue weighted by Gasteiger charge is 2.21. The van der Waals surface area contributed by atoms with Crippen LogP contribution in [-0.2, 0) is 0 Å². The number of ketones is 1. The maximum absolute atomic E-state index is 12.1. The van der Waals surface area contributed by atoms with Gasteiger partial charge in [0.2, 0.25) is 0 Å². The van der Waals surface area contributed by atoms with Crippen molar-refractivity contribution in [2.45, 2.75) is 12.5 Å². The van der Waals surface area contributed by atoms with E-state index in [0.717, 1.165) is 5.56 Å². The maximum Gasteiger partial charge on any atom is 0.173 e. The van der Waals surface area contributed by atoms with Crippen LogP contribution in [0.2, 0.25) is 0 Å². The van der Waals surface area contributed by atoms with E-state index in [9.17, 15) is 4.79 Å². The predicted octanol–water partition coefficient (Wildman–Crippen LogP) is 2.75. The maximum atomic E-state index is 12.1. The van der Waals surface area contributed by atoms with Crippen LogP contribution in [0.3, 0.4) is 0 Å². The van der Waals surface area contributed by atoms with E-state index in [2.05, 4.69) is 0 Å². The summed E-state index contributed by atoms with van der Waals surface area (Å²) in [6.45, 7) is 1.91. The molecule has 0 amide bonds. The number of rotatable bonds is 2. The number of nitrogens with two attached hydrogens (primary N) is 1. The lowest BCUT2D eigenvalue weighted by Gasteiger charge is -2.21. The fourth-order valence-corrected chi connectivity index (χ4v) is 1.71. The Bertz CT molecular complexity index is 433. The first-order chi connectivity index (χ1) is 7.58. The lowest BCUT2D eigenvalue weighted by atomic mass is 9.88. The van der Waals surface area contributed by atoms with Crippen molar-refractivity contribution >= 4 is 18.2 Å². The number of carbonyl (C=O) groups is 1. The van der Waals surface area contributed by atoms with Gasteiger partial charge < -0.3 is 5.73 Å². The Morgan fingerprint density at radius 2 is 1.71 bits per heavy atom. The predicted molar refractivity (Wildman–Crippen MR) is 72.4 cm³/mol. The Morgan fingerprint density at radius 3 is 2.24 bits per heavy atom. The number of allylic oxidation sites excluding steroid dienone is 2. The molecule has 1 aliphatic rings. The highest BCUT2D eigenvalue weighted by atomic mass is 35.5. The van der Waals surface area contributed by atoms with E-state index in [1.165, 1.54) is 0 Å². The molecule has 0 aromatic heterocycles. The second kappa shape index (κ2) is 5.30. The van der Waals surface area contributed by atoms with Gasteiger partial charge in [0.25, 0.3) is 0 Å². The fraction of sp³-hybridized carbons (Fsp3) is 0.214. The molecule has 0 saturated carbocycles. The SMILES string of the molecule is CC1(N)C=CC(C(=O)c2ccccc2)C=C1.Cl. The van der Waals surface area contributed by atoms with Crippen molar-refractivity contribution in [3.8, 4) is 0 Å². The molecule has 0 atom stereocenters. The van der Waals surface area contributed by atoms with Crippen molar-refractivity contribution < 1.29 is 4.79 Å². The van der Waals surface area contributed by atoms with Gasteiger partial charge in [-0.3, -0.25) is 4.79 Å². The third kappa shape index (κ3) is 3.29. The monoisotopic (exact) mass is 249 g/mol. The zero-order chi connectivity index (χ0) is 11.6. The van der Waals surface area contributed by atoms with E-state index in [0.29, 0.717) is 0 Å². The molecule has 0 spiro atoms. The highest BCUT2D eigenvalue weighted by molar-refractivity contribution is 6.00. The van der Waals surface area contributed by atoms with Crippen molar-refractivity contribution in [3.05, 3.63) is 60.2 Å². The van der Waals surface area contributed by atoms with Crippen LogP contribution in [0.5, 0.6) is 0 Å². The van der Waals surface area contributed by atoms with Crippen LogP contribution < -0.4 is 5.73 Å². The summed E-state index contributed by atoms with van der Waals surface area (Å²) in [5, 5.41) is 0. The Morgan fingerprint density at radius 1 is 1.18 bits per heavy atom. The molecule has 1 aromatic carbocycles. The van der Waals surface area contributed by atoms with Gasteiger partial charge >= 0.3 is 0 Å². The van der Waals surface area contributed by atoms with Crippen molar-refractivity contribution in [1.82, 2.24) is 0 Å². The second-order valence-corrected chi connectivity index (χ2v) is 4.34. The largest absolute Gasteiger partial charge is 0.319 e. The van der Waals surface area contributed by atoms with E-state index in [1.807, 2.05) is 61.6 Å². The first-order valence-corrected chi connectivity index (χ1v) is 5.35. The summed E-state index contributed by atoms with van der Waals surface area (Å²) in [6.07, 6.45) is 7.49. The van der Waals surface area contributed by atoms with Crippen LogP contribution in [0.1, 0.15) is 17.3 Å². The smallest absolute Gasteiger partial charge is 0.173 e. The van der Waals surface area contributed by atoms with Crippen molar-refractivity contribution in [1.29, 1.82) is 0 Å². The number of halogens is 1. The van der Waals surface area contributed by atoms with Crippen molar-refractivity contribution in [2.24, 2.45) is 11.7 Å². The van der Waals surface area contributed by atoms with E-state index in [-0.39, 0.29) is 24.1 Å². The summed E-state index contributed by atoms with van der Waals surface area (Å²) in [7, 11) is 0. The molecule has 1 aromatic rings. The Hall–Kier alpha value is -1.38. The molecule has 3 heteroatoms. The van der Waals surface area contributed by atoms with Gasteiger partial charge in [-0.05, 0) is 6.92 Å². The molecule has 0 radical (unpaired) electrons. The molecule has 2 nitrogen and oxygen atoms in total. The molecular formula is C14H16ClNO. The third-order valence-electron chi connectivity index (χ3n) is 2.69. The Labute approximate surface area is 108 Å². The minimum absolute atomic E-state index is 0. The normalized spacial score (nSPS) is 26.4. The quantitative estimate of drug-likeness (QED) is 0.647. The molecule has 0 aliphatic heterocycles. The van der Waals surface area contributed by atoms with Crippen molar-refractivity contribution in [3.63, 3.8) is 0 Å². The highest BCUT2D eigenvalue weighted by Crippen LogP contribution is 2.19. The molecule has 1 aliphatic carbocycles. The van der Waals surface area contributed by atoms with Crippen LogP contribution in [0.25, 0.3) is 0 Å². The van der Waals surface area contributed by atoms with Crippen LogP contribution in [0, 0.1) is 5.92 Å². The third-order valence-corrected chi connectivity index (χ3v) is 2.69. The number of hydrogen-bond acceptors (Lipinski definition) is 2. The summed E-state index contributed by atoms with van der Waals surface area (Å²) in [6, 6.07) is 9.31. The average molecular weight is 250 g/mol. The van der Waals surface area contributed by atoms with Crippen LogP contribution in [0.4, 0.5) is 0 Å². The minimum atomic E-state index is -0.423. The Balaban J connectivity index is 0.00000144. The molecule has 0 bridgehead atoms. The molecule has 90 valence electrons. The summed E-state index contributed by atoms with van der Waals surface area (Å²) in [5.41, 5.74) is 6.21. The lowest BCUT2D eigenvalue weighted by Crippen LogP contribution is -2.33. The van der Waals surface area contributed by atoms with Gasteiger partial charge in [0.15, 0.2) is 5.78 Å². The lowest BCUT2D eigenvalue weighted by molar-refractivity contribution is 0.0964. The zero-order valence-corrected chi connectivity index (χ0v) is 10.5. The topological polar surface area (TPSA) is 43.1 Å². The fourth-order valence-electron chi connectivity index (χ4n) is 1.71. The van der Waals surface area contributed by atoms with Gasteiger partial charge in [-0.2, -0.15) is 0 Å². The molecule has 0 fully saturated rings. The number of Topliss-reactive ketones (excluding diaryl/α,β-unsaturated/α-hetero) is 1. The zero-order valence-electron chi connectivity index (χ0n) is 9.67. The number of hydrogen-bond donors (Lipinski definition) is 1.